The van der Waals surface area contributed by atoms with Crippen molar-refractivity contribution in [2.24, 2.45) is 0 Å². The molecule has 1 heterocycles. The maximum Gasteiger partial charge on any atom is 0.416 e. The maximum absolute atomic E-state index is 13.2. The number of rotatable bonds is 5. The molecule has 0 aliphatic heterocycles. The average molecular weight is 436 g/mol. The van der Waals surface area contributed by atoms with Gasteiger partial charge in [-0.05, 0) is 29.3 Å². The number of alkyl halides is 3. The van der Waals surface area contributed by atoms with Gasteiger partial charge in [0.05, 0.1) is 36.7 Å². The number of hydrogen-bond donors (Lipinski definition) is 0. The molecule has 0 spiro atoms. The largest absolute Gasteiger partial charge is 0.469 e. The normalized spacial score (nSPS) is 11.4. The van der Waals surface area contributed by atoms with E-state index in [0.29, 0.717) is 11.3 Å². The quantitative estimate of drug-likeness (QED) is 0.364. The van der Waals surface area contributed by atoms with E-state index >= 15 is 0 Å². The Morgan fingerprint density at radius 3 is 2.22 bits per heavy atom. The lowest BCUT2D eigenvalue weighted by atomic mass is 10.0. The Hall–Kier alpha value is -3.87. The molecule has 162 valence electrons. The van der Waals surface area contributed by atoms with Crippen molar-refractivity contribution in [3.8, 4) is 28.1 Å². The highest BCUT2D eigenvalue weighted by molar-refractivity contribution is 5.78. The second kappa shape index (κ2) is 8.70. The number of halogens is 3. The van der Waals surface area contributed by atoms with Gasteiger partial charge in [-0.1, -0.05) is 60.7 Å². The van der Waals surface area contributed by atoms with Gasteiger partial charge in [-0.25, -0.2) is 4.68 Å². The van der Waals surface area contributed by atoms with Crippen molar-refractivity contribution < 1.29 is 22.7 Å². The van der Waals surface area contributed by atoms with Crippen LogP contribution in [0.2, 0.25) is 0 Å². The molecular weight excluding hydrogens is 417 g/mol. The first-order valence-electron chi connectivity index (χ1n) is 9.84. The SMILES string of the molecule is COC(=O)Cc1cnn(-c2cccc(C(F)(F)F)c2)c1-c1ccc(-c2ccccc2)cc1. The Kier molecular flexibility index (Phi) is 5.81. The number of hydrogen-bond acceptors (Lipinski definition) is 3. The van der Waals surface area contributed by atoms with Gasteiger partial charge >= 0.3 is 12.1 Å². The zero-order chi connectivity index (χ0) is 22.7. The Morgan fingerprint density at radius 1 is 0.906 bits per heavy atom. The summed E-state index contributed by atoms with van der Waals surface area (Å²) in [6.07, 6.45) is -3.04. The van der Waals surface area contributed by atoms with Gasteiger partial charge in [0.15, 0.2) is 0 Å². The smallest absolute Gasteiger partial charge is 0.416 e. The monoisotopic (exact) mass is 436 g/mol. The third-order valence-electron chi connectivity index (χ3n) is 5.09. The Morgan fingerprint density at radius 2 is 1.56 bits per heavy atom. The summed E-state index contributed by atoms with van der Waals surface area (Å²) in [4.78, 5) is 11.9. The van der Waals surface area contributed by atoms with Gasteiger partial charge in [-0.3, -0.25) is 4.79 Å². The lowest BCUT2D eigenvalue weighted by Crippen LogP contribution is -2.08. The molecule has 0 radical (unpaired) electrons. The highest BCUT2D eigenvalue weighted by Gasteiger charge is 2.31. The number of nitrogens with zero attached hydrogens (tertiary/aromatic N) is 2. The summed E-state index contributed by atoms with van der Waals surface area (Å²) in [7, 11) is 1.29. The number of ether oxygens (including phenoxy) is 1. The summed E-state index contributed by atoms with van der Waals surface area (Å²) in [5, 5.41) is 4.30. The zero-order valence-electron chi connectivity index (χ0n) is 17.1. The lowest BCUT2D eigenvalue weighted by molar-refractivity contribution is -0.140. The number of carbonyl (C=O) groups is 1. The van der Waals surface area contributed by atoms with Crippen molar-refractivity contribution in [1.82, 2.24) is 9.78 Å². The van der Waals surface area contributed by atoms with E-state index in [0.717, 1.165) is 28.8 Å². The second-order valence-electron chi connectivity index (χ2n) is 7.17. The van der Waals surface area contributed by atoms with E-state index in [1.165, 1.54) is 24.1 Å². The Balaban J connectivity index is 1.81. The van der Waals surface area contributed by atoms with Gasteiger partial charge in [0.2, 0.25) is 0 Å². The van der Waals surface area contributed by atoms with E-state index < -0.39 is 17.7 Å². The predicted molar refractivity (Wildman–Crippen MR) is 115 cm³/mol. The van der Waals surface area contributed by atoms with E-state index in [-0.39, 0.29) is 12.1 Å². The average Bonchev–Trinajstić information content (AvgIpc) is 3.22. The van der Waals surface area contributed by atoms with E-state index in [1.807, 2.05) is 54.6 Å². The van der Waals surface area contributed by atoms with Crippen LogP contribution in [0.15, 0.2) is 85.1 Å². The first kappa shape index (κ1) is 21.4. The summed E-state index contributed by atoms with van der Waals surface area (Å²) in [5.74, 6) is -0.462. The van der Waals surface area contributed by atoms with Crippen LogP contribution in [0.25, 0.3) is 28.1 Å². The molecule has 4 aromatic rings. The topological polar surface area (TPSA) is 44.1 Å². The van der Waals surface area contributed by atoms with Crippen molar-refractivity contribution in [2.75, 3.05) is 7.11 Å². The number of carbonyl (C=O) groups excluding carboxylic acids is 1. The number of esters is 1. The molecule has 0 unspecified atom stereocenters. The van der Waals surface area contributed by atoms with E-state index in [1.54, 1.807) is 6.07 Å². The zero-order valence-corrected chi connectivity index (χ0v) is 17.1. The molecule has 1 aromatic heterocycles. The molecule has 0 atom stereocenters. The second-order valence-corrected chi connectivity index (χ2v) is 7.17. The van der Waals surface area contributed by atoms with Crippen molar-refractivity contribution in [3.63, 3.8) is 0 Å². The summed E-state index contributed by atoms with van der Waals surface area (Å²) >= 11 is 0. The molecular formula is C25H19F3N2O2. The molecule has 4 rings (SSSR count). The first-order valence-corrected chi connectivity index (χ1v) is 9.84. The Bertz CT molecular complexity index is 1230. The highest BCUT2D eigenvalue weighted by Crippen LogP contribution is 2.33. The van der Waals surface area contributed by atoms with Gasteiger partial charge in [0.25, 0.3) is 0 Å². The summed E-state index contributed by atoms with van der Waals surface area (Å²) in [6, 6.07) is 22.3. The van der Waals surface area contributed by atoms with Crippen LogP contribution in [0.5, 0.6) is 0 Å². The van der Waals surface area contributed by atoms with Crippen molar-refractivity contribution in [1.29, 1.82) is 0 Å². The fourth-order valence-corrected chi connectivity index (χ4v) is 3.51. The van der Waals surface area contributed by atoms with Crippen LogP contribution >= 0.6 is 0 Å². The van der Waals surface area contributed by atoms with Crippen LogP contribution in [-0.2, 0) is 22.1 Å². The Labute approximate surface area is 182 Å². The van der Waals surface area contributed by atoms with Crippen molar-refractivity contribution in [3.05, 3.63) is 96.2 Å². The minimum absolute atomic E-state index is 0.0504. The third kappa shape index (κ3) is 4.42. The van der Waals surface area contributed by atoms with Crippen LogP contribution in [0.4, 0.5) is 13.2 Å². The van der Waals surface area contributed by atoms with Crippen LogP contribution in [-0.4, -0.2) is 22.9 Å². The molecule has 0 fully saturated rings. The first-order chi connectivity index (χ1) is 15.4. The molecule has 0 saturated carbocycles. The van der Waals surface area contributed by atoms with E-state index in [2.05, 4.69) is 5.10 Å². The minimum Gasteiger partial charge on any atom is -0.469 e. The van der Waals surface area contributed by atoms with Gasteiger partial charge < -0.3 is 4.74 Å². The van der Waals surface area contributed by atoms with Gasteiger partial charge in [0.1, 0.15) is 0 Å². The molecule has 0 aliphatic rings. The molecule has 7 heteroatoms. The fourth-order valence-electron chi connectivity index (χ4n) is 3.51. The molecule has 0 N–H and O–H groups in total. The molecule has 32 heavy (non-hydrogen) atoms. The molecule has 0 bridgehead atoms. The predicted octanol–water partition coefficient (Wildman–Crippen LogP) is 5.94. The van der Waals surface area contributed by atoms with E-state index in [4.69, 9.17) is 4.74 Å². The van der Waals surface area contributed by atoms with Crippen LogP contribution in [0.3, 0.4) is 0 Å². The molecule has 0 aliphatic carbocycles. The van der Waals surface area contributed by atoms with Gasteiger partial charge in [-0.15, -0.1) is 0 Å². The molecule has 4 nitrogen and oxygen atoms in total. The van der Waals surface area contributed by atoms with Gasteiger partial charge in [-0.2, -0.15) is 18.3 Å². The standard InChI is InChI=1S/C25H19F3N2O2/c1-32-23(31)14-20-16-29-30(22-9-5-8-21(15-22)25(26,27)28)24(20)19-12-10-18(11-13-19)17-6-3-2-4-7-17/h2-13,15-16H,14H2,1H3. The van der Waals surface area contributed by atoms with Crippen molar-refractivity contribution in [2.45, 2.75) is 12.6 Å². The minimum atomic E-state index is -4.48. The highest BCUT2D eigenvalue weighted by atomic mass is 19.4. The third-order valence-corrected chi connectivity index (χ3v) is 5.09. The van der Waals surface area contributed by atoms with Crippen LogP contribution < -0.4 is 0 Å². The maximum atomic E-state index is 13.2. The van der Waals surface area contributed by atoms with E-state index in [9.17, 15) is 18.0 Å². The summed E-state index contributed by atoms with van der Waals surface area (Å²) in [6.45, 7) is 0. The summed E-state index contributed by atoms with van der Waals surface area (Å²) in [5.41, 5.74) is 3.33. The fraction of sp³-hybridized carbons (Fsp3) is 0.120. The number of methoxy groups -OCH3 is 1. The van der Waals surface area contributed by atoms with Crippen molar-refractivity contribution >= 4 is 5.97 Å². The van der Waals surface area contributed by atoms with Gasteiger partial charge in [0, 0.05) is 11.1 Å². The summed E-state index contributed by atoms with van der Waals surface area (Å²) < 4.78 is 45.9. The number of benzene rings is 3. The molecule has 0 amide bonds. The van der Waals surface area contributed by atoms with Crippen LogP contribution in [0.1, 0.15) is 11.1 Å². The lowest BCUT2D eigenvalue weighted by Gasteiger charge is -2.13. The van der Waals surface area contributed by atoms with Crippen LogP contribution in [0, 0.1) is 0 Å². The molecule has 3 aromatic carbocycles. The molecule has 0 saturated heterocycles. The number of aromatic nitrogens is 2.